The zero-order valence-corrected chi connectivity index (χ0v) is 22.7. The molecule has 4 fully saturated rings. The van der Waals surface area contributed by atoms with Gasteiger partial charge >= 0.3 is 5.97 Å². The molecule has 0 spiro atoms. The summed E-state index contributed by atoms with van der Waals surface area (Å²) in [4.78, 5) is 11.5. The van der Waals surface area contributed by atoms with Crippen LogP contribution in [0.1, 0.15) is 93.4 Å². The minimum absolute atomic E-state index is 0.0801. The Bertz CT molecular complexity index is 876. The van der Waals surface area contributed by atoms with Gasteiger partial charge in [-0.3, -0.25) is 4.79 Å². The van der Waals surface area contributed by atoms with Crippen molar-refractivity contribution in [2.75, 3.05) is 0 Å². The molecule has 0 aromatic rings. The van der Waals surface area contributed by atoms with Crippen molar-refractivity contribution in [3.63, 3.8) is 0 Å². The van der Waals surface area contributed by atoms with E-state index >= 15 is 0 Å². The molecule has 3 nitrogen and oxygen atoms in total. The summed E-state index contributed by atoms with van der Waals surface area (Å²) in [7, 11) is 0. The molecule has 4 saturated carbocycles. The van der Waals surface area contributed by atoms with Gasteiger partial charge in [0.25, 0.3) is 0 Å². The number of allylic oxidation sites excluding steroid dienone is 3. The van der Waals surface area contributed by atoms with Gasteiger partial charge in [-0.2, -0.15) is 0 Å². The average Bonchev–Trinajstić information content (AvgIpc) is 3.25. The van der Waals surface area contributed by atoms with Crippen LogP contribution in [0.5, 0.6) is 0 Å². The predicted molar refractivity (Wildman–Crippen MR) is 139 cm³/mol. The largest absolute Gasteiger partial charge is 0.458 e. The van der Waals surface area contributed by atoms with Crippen LogP contribution in [-0.2, 0) is 9.53 Å². The van der Waals surface area contributed by atoms with Gasteiger partial charge in [-0.15, -0.1) is 0 Å². The zero-order chi connectivity index (χ0) is 25.1. The van der Waals surface area contributed by atoms with Gasteiger partial charge in [0, 0.05) is 18.3 Å². The number of carbonyl (C=O) groups excluding carboxylic acids is 1. The maximum atomic E-state index is 11.5. The summed E-state index contributed by atoms with van der Waals surface area (Å²) in [6.45, 7) is 19.2. The Morgan fingerprint density at radius 2 is 1.94 bits per heavy atom. The summed E-state index contributed by atoms with van der Waals surface area (Å²) in [5.74, 6) is 2.98. The summed E-state index contributed by atoms with van der Waals surface area (Å²) < 4.78 is 5.59. The fraction of sp³-hybridized carbons (Fsp3) is 0.774. The minimum Gasteiger partial charge on any atom is -0.458 e. The van der Waals surface area contributed by atoms with Crippen LogP contribution >= 0.6 is 0 Å². The monoisotopic (exact) mass is 468 g/mol. The van der Waals surface area contributed by atoms with E-state index in [1.807, 2.05) is 13.8 Å². The first-order valence-electron chi connectivity index (χ1n) is 13.8. The highest BCUT2D eigenvalue weighted by atomic mass is 16.5. The lowest BCUT2D eigenvalue weighted by molar-refractivity contribution is -0.144. The molecule has 0 amide bonds. The van der Waals surface area contributed by atoms with E-state index in [9.17, 15) is 9.90 Å². The second kappa shape index (κ2) is 8.95. The van der Waals surface area contributed by atoms with Gasteiger partial charge in [0.15, 0.2) is 0 Å². The highest BCUT2D eigenvalue weighted by Crippen LogP contribution is 2.71. The molecule has 0 radical (unpaired) electrons. The van der Waals surface area contributed by atoms with E-state index < -0.39 is 5.60 Å². The fourth-order valence-electron chi connectivity index (χ4n) is 8.23. The van der Waals surface area contributed by atoms with Gasteiger partial charge in [-0.25, -0.2) is 0 Å². The molecule has 0 aromatic carbocycles. The lowest BCUT2D eigenvalue weighted by atomic mass is 9.60. The Morgan fingerprint density at radius 1 is 1.24 bits per heavy atom. The summed E-state index contributed by atoms with van der Waals surface area (Å²) in [6, 6.07) is 0. The van der Waals surface area contributed by atoms with Crippen LogP contribution in [0.15, 0.2) is 36.0 Å². The molecule has 34 heavy (non-hydrogen) atoms. The summed E-state index contributed by atoms with van der Waals surface area (Å²) in [5.41, 5.74) is 2.70. The highest BCUT2D eigenvalue weighted by molar-refractivity contribution is 5.66. The first-order chi connectivity index (χ1) is 15.8. The first kappa shape index (κ1) is 25.7. The maximum Gasteiger partial charge on any atom is 0.303 e. The Kier molecular flexibility index (Phi) is 6.77. The average molecular weight is 469 g/mol. The normalized spacial score (nSPS) is 41.3. The Hall–Kier alpha value is -1.35. The second-order valence-corrected chi connectivity index (χ2v) is 13.1. The number of hydrogen-bond acceptors (Lipinski definition) is 3. The molecule has 4 aliphatic rings. The first-order valence-corrected chi connectivity index (χ1v) is 13.8. The molecule has 4 aliphatic carbocycles. The van der Waals surface area contributed by atoms with Gasteiger partial charge in [0.2, 0.25) is 0 Å². The number of rotatable bonds is 7. The molecule has 1 N–H and O–H groups in total. The van der Waals surface area contributed by atoms with Crippen molar-refractivity contribution in [2.24, 2.45) is 46.3 Å². The van der Waals surface area contributed by atoms with Crippen LogP contribution in [0.3, 0.4) is 0 Å². The van der Waals surface area contributed by atoms with Gasteiger partial charge in [-0.05, 0) is 99.4 Å². The highest BCUT2D eigenvalue weighted by Gasteiger charge is 2.65. The third kappa shape index (κ3) is 4.36. The summed E-state index contributed by atoms with van der Waals surface area (Å²) >= 11 is 0. The van der Waals surface area contributed by atoms with Crippen LogP contribution in [0.2, 0.25) is 0 Å². The SMILES string of the molecule is C=C1[C@@H](OC(C)=O)CC2CC12C(C)/C=C1\CCC[C@]2(C)C([C@H](C)/C=C/[C@H](C)C(C)(C)O)CC[C@@H]12. The third-order valence-corrected chi connectivity index (χ3v) is 10.7. The molecular weight excluding hydrogens is 420 g/mol. The third-order valence-electron chi connectivity index (χ3n) is 10.7. The van der Waals surface area contributed by atoms with Crippen LogP contribution in [0, 0.1) is 46.3 Å². The van der Waals surface area contributed by atoms with Crippen molar-refractivity contribution in [2.45, 2.75) is 105 Å². The predicted octanol–water partition coefficient (Wildman–Crippen LogP) is 7.26. The number of fused-ring (bicyclic) bond motifs is 2. The lowest BCUT2D eigenvalue weighted by Gasteiger charge is -2.44. The van der Waals surface area contributed by atoms with Crippen LogP contribution in [0.4, 0.5) is 0 Å². The Labute approximate surface area is 208 Å². The second-order valence-electron chi connectivity index (χ2n) is 13.1. The number of carbonyl (C=O) groups is 1. The van der Waals surface area contributed by atoms with Gasteiger partial charge in [0.05, 0.1) is 5.60 Å². The Morgan fingerprint density at radius 3 is 2.59 bits per heavy atom. The summed E-state index contributed by atoms with van der Waals surface area (Å²) in [5, 5.41) is 10.3. The smallest absolute Gasteiger partial charge is 0.303 e. The van der Waals surface area contributed by atoms with E-state index in [0.29, 0.717) is 35.0 Å². The van der Waals surface area contributed by atoms with Crippen LogP contribution in [0.25, 0.3) is 0 Å². The molecule has 4 unspecified atom stereocenters. The number of aliphatic hydroxyl groups is 1. The minimum atomic E-state index is -0.673. The standard InChI is InChI=1S/C31H48O3/c1-19(11-12-20(2)29(6,7)33)26-13-14-27-24(10-9-15-30(26,27)8)16-21(3)31-18-25(31)17-28(22(31)4)34-23(5)32/h11-12,16,19-21,25-28,33H,4,9-10,13-15,17-18H2,1-3,5-8H3/b12-11+,24-16+/t19-,20+,21?,25?,26?,27+,28+,30-,31?/m1/s1. The van der Waals surface area contributed by atoms with Crippen molar-refractivity contribution in [3.05, 3.63) is 36.0 Å². The zero-order valence-electron chi connectivity index (χ0n) is 22.7. The molecule has 9 atom stereocenters. The van der Waals surface area contributed by atoms with E-state index in [2.05, 4.69) is 52.5 Å². The topological polar surface area (TPSA) is 46.5 Å². The van der Waals surface area contributed by atoms with Crippen molar-refractivity contribution in [1.82, 2.24) is 0 Å². The van der Waals surface area contributed by atoms with Crippen LogP contribution < -0.4 is 0 Å². The van der Waals surface area contributed by atoms with Crippen molar-refractivity contribution < 1.29 is 14.6 Å². The molecular formula is C31H48O3. The van der Waals surface area contributed by atoms with E-state index in [-0.39, 0.29) is 23.4 Å². The molecule has 3 heteroatoms. The van der Waals surface area contributed by atoms with Gasteiger partial charge in [-0.1, -0.05) is 58.1 Å². The lowest BCUT2D eigenvalue weighted by Crippen LogP contribution is -2.36. The van der Waals surface area contributed by atoms with E-state index in [4.69, 9.17) is 4.74 Å². The molecule has 4 rings (SSSR count). The van der Waals surface area contributed by atoms with E-state index in [0.717, 1.165) is 6.42 Å². The maximum absolute atomic E-state index is 11.5. The quantitative estimate of drug-likeness (QED) is 0.316. The summed E-state index contributed by atoms with van der Waals surface area (Å²) in [6.07, 6.45) is 15.8. The van der Waals surface area contributed by atoms with Crippen LogP contribution in [-0.4, -0.2) is 22.8 Å². The molecule has 0 bridgehead atoms. The molecule has 0 saturated heterocycles. The van der Waals surface area contributed by atoms with Gasteiger partial charge in [0.1, 0.15) is 6.10 Å². The molecule has 190 valence electrons. The number of ether oxygens (including phenoxy) is 1. The van der Waals surface area contributed by atoms with Gasteiger partial charge < -0.3 is 9.84 Å². The molecule has 0 aliphatic heterocycles. The Balaban J connectivity index is 1.48. The van der Waals surface area contributed by atoms with E-state index in [1.165, 1.54) is 51.0 Å². The number of esters is 1. The fourth-order valence-corrected chi connectivity index (χ4v) is 8.23. The van der Waals surface area contributed by atoms with E-state index in [1.54, 1.807) is 5.57 Å². The van der Waals surface area contributed by atoms with Crippen molar-refractivity contribution >= 4 is 5.97 Å². The van der Waals surface area contributed by atoms with Crippen molar-refractivity contribution in [1.29, 1.82) is 0 Å². The molecule has 0 heterocycles. The molecule has 0 aromatic heterocycles. The van der Waals surface area contributed by atoms with Crippen molar-refractivity contribution in [3.8, 4) is 0 Å². The number of hydrogen-bond donors (Lipinski definition) is 1.